The third-order valence-electron chi connectivity index (χ3n) is 6.90. The molecule has 0 spiro atoms. The number of halogens is 4. The molecule has 148 valence electrons. The van der Waals surface area contributed by atoms with Crippen LogP contribution in [-0.2, 0) is 17.5 Å². The lowest BCUT2D eigenvalue weighted by atomic mass is 9.53. The highest BCUT2D eigenvalue weighted by molar-refractivity contribution is 6.32. The van der Waals surface area contributed by atoms with Crippen LogP contribution >= 0.6 is 11.6 Å². The molecule has 1 aromatic rings. The van der Waals surface area contributed by atoms with E-state index in [1.807, 2.05) is 0 Å². The SMILES string of the molecule is O=C(Cn1nc(C(F)(F)F)c(Cl)c1C1CC1)NC12CC3CC(CC(C3)C1)C2. The molecule has 5 aliphatic carbocycles. The van der Waals surface area contributed by atoms with Gasteiger partial charge in [-0.15, -0.1) is 0 Å². The van der Waals surface area contributed by atoms with Gasteiger partial charge in [0, 0.05) is 11.5 Å². The Hall–Kier alpha value is -1.24. The standard InChI is InChI=1S/C19H23ClF3N3O/c20-15-16(13-1-2-13)26(25-17(15)19(21,22)23)9-14(27)24-18-6-10-3-11(7-18)5-12(4-10)8-18/h10-13H,1-9H2,(H,24,27). The van der Waals surface area contributed by atoms with Gasteiger partial charge in [0.1, 0.15) is 6.54 Å². The van der Waals surface area contributed by atoms with E-state index in [-0.39, 0.29) is 28.9 Å². The first-order valence-electron chi connectivity index (χ1n) is 9.87. The van der Waals surface area contributed by atoms with Gasteiger partial charge in [0.2, 0.25) is 5.91 Å². The number of rotatable bonds is 4. The van der Waals surface area contributed by atoms with Crippen molar-refractivity contribution in [2.75, 3.05) is 0 Å². The molecule has 0 aromatic carbocycles. The topological polar surface area (TPSA) is 46.9 Å². The molecule has 5 saturated carbocycles. The first-order chi connectivity index (χ1) is 12.7. The van der Waals surface area contributed by atoms with Gasteiger partial charge < -0.3 is 5.32 Å². The molecule has 5 fully saturated rings. The van der Waals surface area contributed by atoms with E-state index in [0.717, 1.165) is 32.1 Å². The quantitative estimate of drug-likeness (QED) is 0.806. The van der Waals surface area contributed by atoms with Gasteiger partial charge in [-0.1, -0.05) is 11.6 Å². The van der Waals surface area contributed by atoms with Crippen LogP contribution in [0.3, 0.4) is 0 Å². The zero-order chi connectivity index (χ0) is 19.0. The van der Waals surface area contributed by atoms with Gasteiger partial charge in [-0.05, 0) is 69.1 Å². The van der Waals surface area contributed by atoms with Gasteiger partial charge in [0.25, 0.3) is 0 Å². The Balaban J connectivity index is 1.36. The maximum atomic E-state index is 13.2. The van der Waals surface area contributed by atoms with Crippen molar-refractivity contribution in [2.45, 2.75) is 75.5 Å². The Kier molecular flexibility index (Phi) is 3.88. The molecule has 0 radical (unpaired) electrons. The van der Waals surface area contributed by atoms with Gasteiger partial charge in [0.05, 0.1) is 10.7 Å². The summed E-state index contributed by atoms with van der Waals surface area (Å²) in [5.41, 5.74) is -0.867. The summed E-state index contributed by atoms with van der Waals surface area (Å²) >= 11 is 6.00. The van der Waals surface area contributed by atoms with Crippen molar-refractivity contribution in [3.8, 4) is 0 Å². The maximum Gasteiger partial charge on any atom is 0.436 e. The van der Waals surface area contributed by atoms with Crippen molar-refractivity contribution in [3.63, 3.8) is 0 Å². The molecule has 0 atom stereocenters. The van der Waals surface area contributed by atoms with E-state index in [4.69, 9.17) is 11.6 Å². The van der Waals surface area contributed by atoms with Crippen LogP contribution in [0.25, 0.3) is 0 Å². The Morgan fingerprint density at radius 2 is 1.70 bits per heavy atom. The van der Waals surface area contributed by atoms with Crippen molar-refractivity contribution in [2.24, 2.45) is 17.8 Å². The van der Waals surface area contributed by atoms with Crippen LogP contribution in [0, 0.1) is 17.8 Å². The monoisotopic (exact) mass is 401 g/mol. The zero-order valence-electron chi connectivity index (χ0n) is 15.0. The van der Waals surface area contributed by atoms with Crippen LogP contribution in [0.15, 0.2) is 0 Å². The highest BCUT2D eigenvalue weighted by atomic mass is 35.5. The minimum atomic E-state index is -4.61. The Morgan fingerprint density at radius 3 is 2.19 bits per heavy atom. The van der Waals surface area contributed by atoms with Gasteiger partial charge in [-0.25, -0.2) is 0 Å². The van der Waals surface area contributed by atoms with Gasteiger partial charge in [-0.2, -0.15) is 18.3 Å². The van der Waals surface area contributed by atoms with Crippen LogP contribution in [0.1, 0.15) is 68.7 Å². The predicted octanol–water partition coefficient (Wildman–Crippen LogP) is 4.52. The summed E-state index contributed by atoms with van der Waals surface area (Å²) in [6.45, 7) is -0.191. The fourth-order valence-electron chi connectivity index (χ4n) is 6.24. The van der Waals surface area contributed by atoms with Gasteiger partial charge in [-0.3, -0.25) is 9.48 Å². The Morgan fingerprint density at radius 1 is 1.15 bits per heavy atom. The van der Waals surface area contributed by atoms with Crippen molar-refractivity contribution in [3.05, 3.63) is 16.4 Å². The summed E-state index contributed by atoms with van der Waals surface area (Å²) in [4.78, 5) is 12.8. The van der Waals surface area contributed by atoms with E-state index >= 15 is 0 Å². The zero-order valence-corrected chi connectivity index (χ0v) is 15.7. The highest BCUT2D eigenvalue weighted by Gasteiger charge is 2.51. The molecule has 1 heterocycles. The van der Waals surface area contributed by atoms with Crippen molar-refractivity contribution in [1.82, 2.24) is 15.1 Å². The number of nitrogens with one attached hydrogen (secondary N) is 1. The number of hydrogen-bond donors (Lipinski definition) is 1. The van der Waals surface area contributed by atoms with Gasteiger partial charge >= 0.3 is 6.18 Å². The molecule has 1 amide bonds. The second-order valence-electron chi connectivity index (χ2n) is 9.22. The second kappa shape index (κ2) is 5.88. The Bertz CT molecular complexity index is 749. The van der Waals surface area contributed by atoms with E-state index in [1.54, 1.807) is 0 Å². The summed E-state index contributed by atoms with van der Waals surface area (Å²) in [5.74, 6) is 1.80. The highest BCUT2D eigenvalue weighted by Crippen LogP contribution is 2.55. The normalized spacial score (nSPS) is 34.9. The first kappa shape index (κ1) is 17.8. The van der Waals surface area contributed by atoms with E-state index < -0.39 is 11.9 Å². The molecule has 8 heteroatoms. The number of carbonyl (C=O) groups is 1. The average molecular weight is 402 g/mol. The average Bonchev–Trinajstić information content (AvgIpc) is 3.28. The molecule has 4 bridgehead atoms. The van der Waals surface area contributed by atoms with Crippen molar-refractivity contribution in [1.29, 1.82) is 0 Å². The van der Waals surface area contributed by atoms with Crippen molar-refractivity contribution < 1.29 is 18.0 Å². The second-order valence-corrected chi connectivity index (χ2v) is 9.60. The Labute approximate surface area is 160 Å². The minimum Gasteiger partial charge on any atom is -0.349 e. The molecule has 27 heavy (non-hydrogen) atoms. The molecule has 0 aliphatic heterocycles. The maximum absolute atomic E-state index is 13.2. The summed E-state index contributed by atoms with van der Waals surface area (Å²) in [7, 11) is 0. The van der Waals surface area contributed by atoms with E-state index in [2.05, 4.69) is 10.4 Å². The molecule has 5 aliphatic rings. The molecular formula is C19H23ClF3N3O. The summed E-state index contributed by atoms with van der Waals surface area (Å²) in [6.07, 6.45) is 3.80. The van der Waals surface area contributed by atoms with E-state index in [9.17, 15) is 18.0 Å². The van der Waals surface area contributed by atoms with Crippen LogP contribution in [-0.4, -0.2) is 21.2 Å². The van der Waals surface area contributed by atoms with Crippen LogP contribution in [0.2, 0.25) is 5.02 Å². The molecule has 1 aromatic heterocycles. The molecule has 4 nitrogen and oxygen atoms in total. The number of alkyl halides is 3. The van der Waals surface area contributed by atoms with E-state index in [0.29, 0.717) is 23.4 Å². The molecule has 0 saturated heterocycles. The number of hydrogen-bond acceptors (Lipinski definition) is 2. The van der Waals surface area contributed by atoms with Gasteiger partial charge in [0.15, 0.2) is 5.69 Å². The minimum absolute atomic E-state index is 0.0200. The molecule has 0 unspecified atom stereocenters. The fraction of sp³-hybridized carbons (Fsp3) is 0.789. The molecule has 6 rings (SSSR count). The van der Waals surface area contributed by atoms with Crippen LogP contribution in [0.5, 0.6) is 0 Å². The lowest BCUT2D eigenvalue weighted by molar-refractivity contribution is -0.141. The summed E-state index contributed by atoms with van der Waals surface area (Å²) < 4.78 is 40.8. The van der Waals surface area contributed by atoms with E-state index in [1.165, 1.54) is 23.9 Å². The lowest BCUT2D eigenvalue weighted by Gasteiger charge is -2.56. The smallest absolute Gasteiger partial charge is 0.349 e. The number of aromatic nitrogens is 2. The summed E-state index contributed by atoms with van der Waals surface area (Å²) in [6, 6.07) is 0. The number of amides is 1. The largest absolute Gasteiger partial charge is 0.436 e. The van der Waals surface area contributed by atoms with Crippen LogP contribution < -0.4 is 5.32 Å². The molecular weight excluding hydrogens is 379 g/mol. The fourth-order valence-corrected chi connectivity index (χ4v) is 6.63. The molecule has 1 N–H and O–H groups in total. The number of carbonyl (C=O) groups excluding carboxylic acids is 1. The van der Waals surface area contributed by atoms with Crippen LogP contribution in [0.4, 0.5) is 13.2 Å². The van der Waals surface area contributed by atoms with Crippen molar-refractivity contribution >= 4 is 17.5 Å². The third-order valence-corrected chi connectivity index (χ3v) is 7.27. The number of nitrogens with zero attached hydrogens (tertiary/aromatic N) is 2. The third kappa shape index (κ3) is 3.15. The first-order valence-corrected chi connectivity index (χ1v) is 10.2. The predicted molar refractivity (Wildman–Crippen MR) is 93.3 cm³/mol. The summed E-state index contributed by atoms with van der Waals surface area (Å²) in [5, 5.41) is 6.54. The lowest BCUT2D eigenvalue weighted by Crippen LogP contribution is -2.60.